The van der Waals surface area contributed by atoms with E-state index in [9.17, 15) is 5.11 Å². The number of benzene rings is 1. The summed E-state index contributed by atoms with van der Waals surface area (Å²) in [6, 6.07) is 2.35. The first-order valence-electron chi connectivity index (χ1n) is 12.6. The van der Waals surface area contributed by atoms with Gasteiger partial charge in [-0.15, -0.1) is 0 Å². The molecule has 0 aliphatic carbocycles. The zero-order valence-corrected chi connectivity index (χ0v) is 18.9. The number of phenols is 1. The molecule has 4 heterocycles. The number of hydrogen-bond donors (Lipinski definition) is 1. The molecule has 5 rings (SSSR count). The highest BCUT2D eigenvalue weighted by atomic mass is 16.3. The van der Waals surface area contributed by atoms with Crippen molar-refractivity contribution in [3.63, 3.8) is 0 Å². The van der Waals surface area contributed by atoms with Gasteiger partial charge in [0.1, 0.15) is 18.8 Å². The molecule has 4 aliphatic heterocycles. The monoisotopic (exact) mass is 407 g/mol. The second kappa shape index (κ2) is 8.77. The smallest absolute Gasteiger partial charge is 0.181 e. The highest BCUT2D eigenvalue weighted by Gasteiger charge is 2.31. The summed E-state index contributed by atoms with van der Waals surface area (Å²) in [7, 11) is 0. The van der Waals surface area contributed by atoms with Gasteiger partial charge in [-0.2, -0.15) is 0 Å². The van der Waals surface area contributed by atoms with Crippen LogP contribution in [-0.4, -0.2) is 41.6 Å². The van der Waals surface area contributed by atoms with E-state index < -0.39 is 0 Å². The van der Waals surface area contributed by atoms with Gasteiger partial charge >= 0.3 is 0 Å². The number of allylic oxidation sites excluding steroid dienone is 2. The molecule has 0 saturated carbocycles. The zero-order chi connectivity index (χ0) is 20.5. The molecule has 0 spiro atoms. The van der Waals surface area contributed by atoms with Gasteiger partial charge in [-0.05, 0) is 75.3 Å². The number of nitrogens with zero attached hydrogens (tertiary/aromatic N) is 2. The molecular formula is C27H39N2O+. The van der Waals surface area contributed by atoms with E-state index in [4.69, 9.17) is 0 Å². The first-order chi connectivity index (χ1) is 14.7. The molecule has 0 radical (unpaired) electrons. The van der Waals surface area contributed by atoms with E-state index in [1.54, 1.807) is 11.3 Å². The summed E-state index contributed by atoms with van der Waals surface area (Å²) in [6.45, 7) is 7.26. The Hall–Kier alpha value is -1.77. The van der Waals surface area contributed by atoms with E-state index in [1.165, 1.54) is 93.3 Å². The summed E-state index contributed by atoms with van der Waals surface area (Å²) >= 11 is 0. The van der Waals surface area contributed by atoms with E-state index in [1.807, 2.05) is 0 Å². The van der Waals surface area contributed by atoms with Crippen LogP contribution in [0.15, 0.2) is 17.7 Å². The maximum Gasteiger partial charge on any atom is 0.181 e. The van der Waals surface area contributed by atoms with Gasteiger partial charge in [-0.3, -0.25) is 0 Å². The second-order valence-electron chi connectivity index (χ2n) is 10.1. The number of hydrogen-bond acceptors (Lipinski definition) is 2. The van der Waals surface area contributed by atoms with Crippen molar-refractivity contribution in [1.82, 2.24) is 0 Å². The van der Waals surface area contributed by atoms with Crippen LogP contribution in [0.5, 0.6) is 5.75 Å². The summed E-state index contributed by atoms with van der Waals surface area (Å²) in [5.41, 5.74) is 8.59. The fourth-order valence-corrected chi connectivity index (χ4v) is 6.52. The first-order valence-corrected chi connectivity index (χ1v) is 12.6. The molecular weight excluding hydrogens is 368 g/mol. The summed E-state index contributed by atoms with van der Waals surface area (Å²) in [6.07, 6.45) is 17.1. The molecule has 30 heavy (non-hydrogen) atoms. The molecule has 1 N–H and O–H groups in total. The van der Waals surface area contributed by atoms with Gasteiger partial charge in [-0.25, -0.2) is 4.58 Å². The van der Waals surface area contributed by atoms with E-state index in [0.717, 1.165) is 32.4 Å². The number of aromatic hydroxyl groups is 1. The Kier molecular flexibility index (Phi) is 5.89. The SMILES string of the molecule is CC1CCC[N+]2=C1/C(=C\CCc1cc3c4c(c1O)CCCN4CCCC3)CCCC2. The lowest BCUT2D eigenvalue weighted by atomic mass is 9.88. The molecule has 1 aromatic carbocycles. The van der Waals surface area contributed by atoms with Crippen LogP contribution < -0.4 is 4.90 Å². The fourth-order valence-electron chi connectivity index (χ4n) is 6.52. The highest BCUT2D eigenvalue weighted by molar-refractivity contribution is 5.98. The normalized spacial score (nSPS) is 25.6. The van der Waals surface area contributed by atoms with Crippen LogP contribution in [0, 0.1) is 5.92 Å². The lowest BCUT2D eigenvalue weighted by Crippen LogP contribution is -2.33. The van der Waals surface area contributed by atoms with Crippen molar-refractivity contribution in [3.05, 3.63) is 34.4 Å². The Bertz CT molecular complexity index is 866. The van der Waals surface area contributed by atoms with Crippen molar-refractivity contribution in [2.24, 2.45) is 5.92 Å². The molecule has 4 aliphatic rings. The third kappa shape index (κ3) is 3.81. The molecule has 1 atom stereocenters. The molecule has 1 unspecified atom stereocenters. The highest BCUT2D eigenvalue weighted by Crippen LogP contribution is 2.41. The van der Waals surface area contributed by atoms with Crippen LogP contribution in [0.4, 0.5) is 5.69 Å². The molecule has 162 valence electrons. The quantitative estimate of drug-likeness (QED) is 0.678. The summed E-state index contributed by atoms with van der Waals surface area (Å²) < 4.78 is 2.69. The van der Waals surface area contributed by atoms with Crippen LogP contribution in [0.3, 0.4) is 0 Å². The summed E-state index contributed by atoms with van der Waals surface area (Å²) in [4.78, 5) is 2.55. The lowest BCUT2D eigenvalue weighted by molar-refractivity contribution is -0.534. The third-order valence-electron chi connectivity index (χ3n) is 7.95. The van der Waals surface area contributed by atoms with Gasteiger partial charge in [0.15, 0.2) is 5.71 Å². The van der Waals surface area contributed by atoms with E-state index in [2.05, 4.69) is 28.5 Å². The van der Waals surface area contributed by atoms with Gasteiger partial charge in [-0.1, -0.05) is 19.1 Å². The van der Waals surface area contributed by atoms with Gasteiger partial charge in [0, 0.05) is 48.7 Å². The van der Waals surface area contributed by atoms with Crippen molar-refractivity contribution in [3.8, 4) is 5.75 Å². The Labute approximate surface area is 182 Å². The van der Waals surface area contributed by atoms with E-state index in [-0.39, 0.29) is 0 Å². The van der Waals surface area contributed by atoms with E-state index in [0.29, 0.717) is 11.7 Å². The number of aryl methyl sites for hydroxylation is 2. The van der Waals surface area contributed by atoms with Crippen molar-refractivity contribution in [1.29, 1.82) is 0 Å². The van der Waals surface area contributed by atoms with Crippen LogP contribution in [0.1, 0.15) is 81.4 Å². The fraction of sp³-hybridized carbons (Fsp3) is 0.667. The average Bonchev–Trinajstić information content (AvgIpc) is 3.09. The van der Waals surface area contributed by atoms with Gasteiger partial charge in [0.05, 0.1) is 0 Å². The maximum absolute atomic E-state index is 11.1. The lowest BCUT2D eigenvalue weighted by Gasteiger charge is -2.33. The number of phenolic OH excluding ortho intramolecular Hbond substituents is 1. The molecule has 0 fully saturated rings. The van der Waals surface area contributed by atoms with Crippen LogP contribution >= 0.6 is 0 Å². The van der Waals surface area contributed by atoms with Gasteiger partial charge in [0.25, 0.3) is 0 Å². The average molecular weight is 408 g/mol. The molecule has 0 aromatic heterocycles. The molecule has 0 saturated heterocycles. The van der Waals surface area contributed by atoms with Crippen LogP contribution in [0.2, 0.25) is 0 Å². The molecule has 1 aromatic rings. The Morgan fingerprint density at radius 2 is 1.87 bits per heavy atom. The predicted molar refractivity (Wildman–Crippen MR) is 125 cm³/mol. The number of rotatable bonds is 3. The number of anilines is 1. The topological polar surface area (TPSA) is 26.5 Å². The minimum Gasteiger partial charge on any atom is -0.507 e. The summed E-state index contributed by atoms with van der Waals surface area (Å²) in [5, 5.41) is 11.1. The van der Waals surface area contributed by atoms with Crippen molar-refractivity contribution >= 4 is 11.4 Å². The van der Waals surface area contributed by atoms with Gasteiger partial charge < -0.3 is 10.0 Å². The maximum atomic E-state index is 11.1. The van der Waals surface area contributed by atoms with Crippen molar-refractivity contribution in [2.45, 2.75) is 84.0 Å². The first kappa shape index (κ1) is 20.2. The van der Waals surface area contributed by atoms with Crippen LogP contribution in [0.25, 0.3) is 0 Å². The Balaban J connectivity index is 1.40. The molecule has 3 heteroatoms. The molecule has 0 amide bonds. The Morgan fingerprint density at radius 1 is 1.03 bits per heavy atom. The van der Waals surface area contributed by atoms with Crippen LogP contribution in [-0.2, 0) is 19.3 Å². The standard InChI is InChI=1S/C27H38N2O/c1-20-9-7-17-28-15-4-2-10-21(25(20)28)12-6-13-23-19-22-11-3-5-16-29-18-8-14-24(26(22)29)27(23)30/h12,19-20H,2-11,13-18H2,1H3/p+1/b21-12-. The third-order valence-corrected chi connectivity index (χ3v) is 7.95. The predicted octanol–water partition coefficient (Wildman–Crippen LogP) is 5.41. The van der Waals surface area contributed by atoms with E-state index >= 15 is 0 Å². The largest absolute Gasteiger partial charge is 0.507 e. The van der Waals surface area contributed by atoms with Gasteiger partial charge in [0.2, 0.25) is 0 Å². The molecule has 0 bridgehead atoms. The van der Waals surface area contributed by atoms with Crippen molar-refractivity contribution in [2.75, 3.05) is 31.1 Å². The van der Waals surface area contributed by atoms with Crippen molar-refractivity contribution < 1.29 is 9.68 Å². The Morgan fingerprint density at radius 3 is 2.80 bits per heavy atom. The minimum atomic E-state index is 0.611. The molecule has 3 nitrogen and oxygen atoms in total. The summed E-state index contributed by atoms with van der Waals surface area (Å²) in [5.74, 6) is 1.32. The zero-order valence-electron chi connectivity index (χ0n) is 18.9. The minimum absolute atomic E-state index is 0.611. The second-order valence-corrected chi connectivity index (χ2v) is 10.1.